The van der Waals surface area contributed by atoms with Gasteiger partial charge >= 0.3 is 0 Å². The van der Waals surface area contributed by atoms with E-state index in [2.05, 4.69) is 21.8 Å². The van der Waals surface area contributed by atoms with Crippen molar-refractivity contribution in [2.24, 2.45) is 23.7 Å². The van der Waals surface area contributed by atoms with Crippen LogP contribution in [0.1, 0.15) is 44.7 Å². The van der Waals surface area contributed by atoms with Crippen LogP contribution < -0.4 is 5.32 Å². The normalized spacial score (nSPS) is 39.9. The molecule has 104 valence electrons. The van der Waals surface area contributed by atoms with Gasteiger partial charge in [0.1, 0.15) is 0 Å². The first-order valence-electron chi connectivity index (χ1n) is 8.06. The molecule has 4 bridgehead atoms. The summed E-state index contributed by atoms with van der Waals surface area (Å²) in [5.74, 6) is 4.08. The third-order valence-electron chi connectivity index (χ3n) is 5.88. The maximum Gasteiger partial charge on any atom is 0.0948 e. The second-order valence-electron chi connectivity index (χ2n) is 7.01. The minimum absolute atomic E-state index is 0.785. The molecule has 1 aromatic rings. The molecular formula is C16H25N3. The zero-order valence-corrected chi connectivity index (χ0v) is 11.9. The highest BCUT2D eigenvalue weighted by Crippen LogP contribution is 2.53. The van der Waals surface area contributed by atoms with Crippen molar-refractivity contribution in [1.29, 1.82) is 0 Å². The molecule has 4 aliphatic rings. The lowest BCUT2D eigenvalue weighted by atomic mass is 9.54. The van der Waals surface area contributed by atoms with Gasteiger partial charge in [-0.25, -0.2) is 4.98 Å². The lowest BCUT2D eigenvalue weighted by Gasteiger charge is -2.54. The predicted molar refractivity (Wildman–Crippen MR) is 75.6 cm³/mol. The van der Waals surface area contributed by atoms with E-state index in [0.29, 0.717) is 0 Å². The molecular weight excluding hydrogens is 234 g/mol. The summed E-state index contributed by atoms with van der Waals surface area (Å²) in [7, 11) is 0. The Labute approximate surface area is 115 Å². The van der Waals surface area contributed by atoms with Crippen molar-refractivity contribution < 1.29 is 0 Å². The Kier molecular flexibility index (Phi) is 2.91. The van der Waals surface area contributed by atoms with E-state index in [4.69, 9.17) is 0 Å². The zero-order valence-electron chi connectivity index (χ0n) is 11.9. The summed E-state index contributed by atoms with van der Waals surface area (Å²) in [4.78, 5) is 4.27. The van der Waals surface area contributed by atoms with E-state index < -0.39 is 0 Å². The van der Waals surface area contributed by atoms with E-state index in [1.165, 1.54) is 31.4 Å². The Hall–Kier alpha value is -0.830. The van der Waals surface area contributed by atoms with Gasteiger partial charge in [-0.1, -0.05) is 0 Å². The molecule has 5 rings (SSSR count). The number of aromatic nitrogens is 2. The standard InChI is InChI=1S/C16H25N3/c1-2-19-10-17-8-15(19)9-18-16-13-4-11-3-12(6-13)7-14(16)5-11/h8,10-14,16,18H,2-7,9H2,1H3. The van der Waals surface area contributed by atoms with Crippen molar-refractivity contribution in [2.45, 2.75) is 58.2 Å². The van der Waals surface area contributed by atoms with Gasteiger partial charge in [-0.05, 0) is 62.7 Å². The largest absolute Gasteiger partial charge is 0.334 e. The highest BCUT2D eigenvalue weighted by molar-refractivity contribution is 5.04. The molecule has 4 aliphatic carbocycles. The molecule has 0 aromatic carbocycles. The van der Waals surface area contributed by atoms with Gasteiger partial charge in [-0.15, -0.1) is 0 Å². The first kappa shape index (κ1) is 12.0. The van der Waals surface area contributed by atoms with E-state index in [9.17, 15) is 0 Å². The van der Waals surface area contributed by atoms with Gasteiger partial charge in [-0.3, -0.25) is 0 Å². The average Bonchev–Trinajstić information content (AvgIpc) is 2.84. The van der Waals surface area contributed by atoms with Crippen molar-refractivity contribution in [2.75, 3.05) is 0 Å². The van der Waals surface area contributed by atoms with Gasteiger partial charge in [-0.2, -0.15) is 0 Å². The van der Waals surface area contributed by atoms with Crippen LogP contribution in [-0.2, 0) is 13.1 Å². The summed E-state index contributed by atoms with van der Waals surface area (Å²) >= 11 is 0. The van der Waals surface area contributed by atoms with Gasteiger partial charge < -0.3 is 9.88 Å². The fraction of sp³-hybridized carbons (Fsp3) is 0.812. The molecule has 0 aliphatic heterocycles. The van der Waals surface area contributed by atoms with Crippen molar-refractivity contribution in [3.63, 3.8) is 0 Å². The molecule has 4 fully saturated rings. The van der Waals surface area contributed by atoms with E-state index in [1.807, 2.05) is 12.5 Å². The summed E-state index contributed by atoms with van der Waals surface area (Å²) in [5, 5.41) is 3.88. The second kappa shape index (κ2) is 4.62. The van der Waals surface area contributed by atoms with Crippen molar-refractivity contribution in [1.82, 2.24) is 14.9 Å². The number of rotatable bonds is 4. The molecule has 3 nitrogen and oxygen atoms in total. The van der Waals surface area contributed by atoms with Crippen LogP contribution in [0.3, 0.4) is 0 Å². The van der Waals surface area contributed by atoms with Crippen molar-refractivity contribution in [3.8, 4) is 0 Å². The van der Waals surface area contributed by atoms with E-state index in [1.54, 1.807) is 6.42 Å². The van der Waals surface area contributed by atoms with Crippen LogP contribution in [0.5, 0.6) is 0 Å². The Morgan fingerprint density at radius 3 is 2.47 bits per heavy atom. The number of hydrogen-bond donors (Lipinski definition) is 1. The molecule has 3 heteroatoms. The van der Waals surface area contributed by atoms with E-state index in [-0.39, 0.29) is 0 Å². The highest BCUT2D eigenvalue weighted by Gasteiger charge is 2.47. The van der Waals surface area contributed by atoms with Crippen molar-refractivity contribution >= 4 is 0 Å². The fourth-order valence-electron chi connectivity index (χ4n) is 5.26. The quantitative estimate of drug-likeness (QED) is 0.901. The van der Waals surface area contributed by atoms with Gasteiger partial charge in [0.25, 0.3) is 0 Å². The Morgan fingerprint density at radius 1 is 1.16 bits per heavy atom. The summed E-state index contributed by atoms with van der Waals surface area (Å²) in [5.41, 5.74) is 1.34. The van der Waals surface area contributed by atoms with Crippen LogP contribution in [0, 0.1) is 23.7 Å². The number of nitrogens with zero attached hydrogens (tertiary/aromatic N) is 2. The molecule has 0 saturated heterocycles. The van der Waals surface area contributed by atoms with Gasteiger partial charge in [0.15, 0.2) is 0 Å². The van der Waals surface area contributed by atoms with Crippen LogP contribution in [0.2, 0.25) is 0 Å². The topological polar surface area (TPSA) is 29.9 Å². The third-order valence-corrected chi connectivity index (χ3v) is 5.88. The minimum atomic E-state index is 0.785. The molecule has 19 heavy (non-hydrogen) atoms. The molecule has 0 radical (unpaired) electrons. The minimum Gasteiger partial charge on any atom is -0.334 e. The third kappa shape index (κ3) is 2.03. The zero-order chi connectivity index (χ0) is 12.8. The van der Waals surface area contributed by atoms with E-state index >= 15 is 0 Å². The summed E-state index contributed by atoms with van der Waals surface area (Å²) < 4.78 is 2.25. The summed E-state index contributed by atoms with van der Waals surface area (Å²) in [6.07, 6.45) is 11.5. The molecule has 0 atom stereocenters. The van der Waals surface area contributed by atoms with Gasteiger partial charge in [0.05, 0.1) is 12.0 Å². The number of aryl methyl sites for hydroxylation is 1. The lowest BCUT2D eigenvalue weighted by molar-refractivity contribution is -0.0144. The maximum absolute atomic E-state index is 4.27. The summed E-state index contributed by atoms with van der Waals surface area (Å²) in [6.45, 7) is 4.22. The smallest absolute Gasteiger partial charge is 0.0948 e. The van der Waals surface area contributed by atoms with Crippen molar-refractivity contribution in [3.05, 3.63) is 18.2 Å². The molecule has 4 saturated carbocycles. The number of imidazole rings is 1. The highest BCUT2D eigenvalue weighted by atomic mass is 15.1. The van der Waals surface area contributed by atoms with Crippen LogP contribution >= 0.6 is 0 Å². The molecule has 1 heterocycles. The summed E-state index contributed by atoms with van der Waals surface area (Å²) in [6, 6.07) is 0.785. The molecule has 0 spiro atoms. The number of hydrogen-bond acceptors (Lipinski definition) is 2. The molecule has 0 unspecified atom stereocenters. The average molecular weight is 259 g/mol. The lowest BCUT2D eigenvalue weighted by Crippen LogP contribution is -2.54. The SMILES string of the molecule is CCn1cncc1CNC1C2CC3CC(C2)CC1C3. The molecule has 1 aromatic heterocycles. The van der Waals surface area contributed by atoms with Crippen LogP contribution in [0.15, 0.2) is 12.5 Å². The first-order chi connectivity index (χ1) is 9.33. The Balaban J connectivity index is 1.43. The molecule has 1 N–H and O–H groups in total. The molecule has 0 amide bonds. The maximum atomic E-state index is 4.27. The first-order valence-corrected chi connectivity index (χ1v) is 8.06. The Morgan fingerprint density at radius 2 is 1.84 bits per heavy atom. The van der Waals surface area contributed by atoms with Gasteiger partial charge in [0, 0.05) is 25.3 Å². The number of nitrogens with one attached hydrogen (secondary N) is 1. The monoisotopic (exact) mass is 259 g/mol. The van der Waals surface area contributed by atoms with Crippen LogP contribution in [-0.4, -0.2) is 15.6 Å². The predicted octanol–water partition coefficient (Wildman–Crippen LogP) is 2.82. The van der Waals surface area contributed by atoms with E-state index in [0.717, 1.165) is 42.8 Å². The second-order valence-corrected chi connectivity index (χ2v) is 7.01. The Bertz CT molecular complexity index is 423. The fourth-order valence-corrected chi connectivity index (χ4v) is 5.26. The van der Waals surface area contributed by atoms with Crippen LogP contribution in [0.25, 0.3) is 0 Å². The van der Waals surface area contributed by atoms with Crippen LogP contribution in [0.4, 0.5) is 0 Å². The van der Waals surface area contributed by atoms with Gasteiger partial charge in [0.2, 0.25) is 0 Å².